The Morgan fingerprint density at radius 1 is 0.506 bits per heavy atom. The smallest absolute Gasteiger partial charge is 0.410 e. The van der Waals surface area contributed by atoms with E-state index in [2.05, 4.69) is 39.6 Å². The summed E-state index contributed by atoms with van der Waals surface area (Å²) in [5, 5.41) is 6.47. The lowest BCUT2D eigenvalue weighted by molar-refractivity contribution is -0.926. The SMILES string of the molecule is CN1CCNCC1.COc1ccc(CN2CCN(C(=O)OCc3ccccc3)CC2)cc1.Cc1ccc(S(=O)(=O)[O-])cc1.O=C(OCc1ccccc1)N1CCNCC1.[2H]C([2H])([2H])[N+]1(Cc2ccc(OC)cc2)CCN(C(=O)OCc2ccccc2)CC1. The lowest BCUT2D eigenvalue weighted by atomic mass is 10.1. The van der Waals surface area contributed by atoms with E-state index in [0.717, 1.165) is 98.2 Å². The van der Waals surface area contributed by atoms with E-state index < -0.39 is 23.2 Å². The van der Waals surface area contributed by atoms with Crippen LogP contribution in [0.3, 0.4) is 0 Å². The quantitative estimate of drug-likeness (QED) is 0.0640. The van der Waals surface area contributed by atoms with E-state index in [1.165, 1.54) is 30.8 Å². The molecule has 4 saturated heterocycles. The fraction of sp³-hybridized carbons (Fsp3) is 0.400. The number of carbonyl (C=O) groups is 3. The topological polar surface area (TPSA) is 195 Å². The first-order chi connectivity index (χ1) is 42.3. The second-order valence-corrected chi connectivity index (χ2v) is 22.3. The Morgan fingerprint density at radius 2 is 0.894 bits per heavy atom. The Balaban J connectivity index is 0.000000189. The number of methoxy groups -OCH3 is 2. The van der Waals surface area contributed by atoms with Gasteiger partial charge in [0.1, 0.15) is 48.0 Å². The van der Waals surface area contributed by atoms with Crippen LogP contribution in [0.4, 0.5) is 14.4 Å². The number of aryl methyl sites for hydroxylation is 1. The standard InChI is InChI=1S/C21H27N2O3.C20H24N2O3.C12H16N2O2.C7H8O3S.C5H12N2/c1-23(16-18-8-10-20(25-2)11-9-18)14-12-22(13-15-23)21(24)26-17-19-6-4-3-5-7-19;1-24-19-9-7-17(8-10-19)15-21-11-13-22(14-12-21)20(23)25-16-18-5-3-2-4-6-18;15-12(14-8-6-13-7-9-14)16-10-11-4-2-1-3-5-11;1-6-2-4-7(5-3-6)11(8,9)10;1-7-4-2-6-3-5-7/h3-11H,12-17H2,1-2H3;2-10H,11-16H2,1H3;1-5,13H,6-10H2;2-5H,1H3,(H,8,9,10);6H,2-5H2,1H3/q+1;;;;/p-1/i1D3;;;;. The van der Waals surface area contributed by atoms with E-state index in [1.54, 1.807) is 41.1 Å². The molecule has 19 nitrogen and oxygen atoms in total. The van der Waals surface area contributed by atoms with Crippen LogP contribution in [0.25, 0.3) is 0 Å². The highest BCUT2D eigenvalue weighted by molar-refractivity contribution is 7.85. The number of likely N-dealkylation sites (N-methyl/N-ethyl adjacent to an activating group) is 2. The van der Waals surface area contributed by atoms with E-state index in [4.69, 9.17) is 27.8 Å². The van der Waals surface area contributed by atoms with E-state index in [-0.39, 0.29) is 28.2 Å². The third kappa shape index (κ3) is 24.9. The molecule has 0 saturated carbocycles. The number of nitrogens with one attached hydrogen (secondary N) is 2. The Bertz CT molecular complexity index is 3080. The zero-order valence-electron chi connectivity index (χ0n) is 52.5. The van der Waals surface area contributed by atoms with Crippen molar-refractivity contribution in [1.82, 2.24) is 35.1 Å². The summed E-state index contributed by atoms with van der Waals surface area (Å²) in [4.78, 5) is 45.8. The molecule has 20 heteroatoms. The number of piperazine rings is 4. The van der Waals surface area contributed by atoms with Crippen molar-refractivity contribution in [3.8, 4) is 11.5 Å². The molecule has 0 bridgehead atoms. The summed E-state index contributed by atoms with van der Waals surface area (Å²) in [6.45, 7) is 14.2. The van der Waals surface area contributed by atoms with E-state index in [0.29, 0.717) is 59.0 Å². The Kier molecular flexibility index (Phi) is 26.0. The summed E-state index contributed by atoms with van der Waals surface area (Å²) in [5.41, 5.74) is 6.06. The minimum atomic E-state index is -4.27. The van der Waals surface area contributed by atoms with Crippen LogP contribution in [0.2, 0.25) is 0 Å². The van der Waals surface area contributed by atoms with E-state index in [9.17, 15) is 27.4 Å². The van der Waals surface area contributed by atoms with Crippen molar-refractivity contribution in [2.24, 2.45) is 0 Å². The molecule has 0 aliphatic carbocycles. The fourth-order valence-corrected chi connectivity index (χ4v) is 9.58. The Morgan fingerprint density at radius 3 is 1.27 bits per heavy atom. The molecular formula is C65H86N8O11S. The van der Waals surface area contributed by atoms with Crippen LogP contribution in [0.15, 0.2) is 169 Å². The van der Waals surface area contributed by atoms with Gasteiger partial charge in [-0.3, -0.25) is 9.80 Å². The maximum Gasteiger partial charge on any atom is 0.410 e. The van der Waals surface area contributed by atoms with Crippen molar-refractivity contribution in [1.29, 1.82) is 0 Å². The molecule has 10 rings (SSSR count). The second kappa shape index (κ2) is 35.7. The predicted octanol–water partition coefficient (Wildman–Crippen LogP) is 8.09. The number of ether oxygens (including phenoxy) is 5. The van der Waals surface area contributed by atoms with Crippen LogP contribution in [0.5, 0.6) is 11.5 Å². The van der Waals surface area contributed by atoms with Crippen molar-refractivity contribution < 1.29 is 59.6 Å². The number of hydrogen-bond acceptors (Lipinski definition) is 15. The summed E-state index contributed by atoms with van der Waals surface area (Å²) in [5.74, 6) is 1.61. The van der Waals surface area contributed by atoms with Crippen LogP contribution in [-0.4, -0.2) is 193 Å². The van der Waals surface area contributed by atoms with Crippen molar-refractivity contribution in [3.63, 3.8) is 0 Å². The van der Waals surface area contributed by atoms with Gasteiger partial charge in [-0.15, -0.1) is 0 Å². The lowest BCUT2D eigenvalue weighted by Gasteiger charge is -2.41. The highest BCUT2D eigenvalue weighted by Crippen LogP contribution is 2.20. The maximum absolute atomic E-state index is 12.4. The molecule has 4 fully saturated rings. The summed E-state index contributed by atoms with van der Waals surface area (Å²) in [6, 6.07) is 50.3. The highest BCUT2D eigenvalue weighted by atomic mass is 32.2. The summed E-state index contributed by atoms with van der Waals surface area (Å²) < 4.78 is 81.8. The van der Waals surface area contributed by atoms with Crippen molar-refractivity contribution in [2.45, 2.75) is 44.7 Å². The normalized spacial score (nSPS) is 16.6. The highest BCUT2D eigenvalue weighted by Gasteiger charge is 2.32. The molecule has 4 aliphatic heterocycles. The predicted molar refractivity (Wildman–Crippen MR) is 328 cm³/mol. The minimum Gasteiger partial charge on any atom is -0.744 e. The van der Waals surface area contributed by atoms with Crippen LogP contribution in [-0.2, 0) is 57.2 Å². The molecule has 2 N–H and O–H groups in total. The third-order valence-electron chi connectivity index (χ3n) is 14.3. The maximum atomic E-state index is 12.4. The molecular weight excluding hydrogens is 1100 g/mol. The number of carbonyl (C=O) groups excluding carboxylic acids is 3. The first kappa shape index (κ1) is 62.0. The van der Waals surface area contributed by atoms with Crippen LogP contribution in [0.1, 0.15) is 37.5 Å². The molecule has 6 aromatic carbocycles. The summed E-state index contributed by atoms with van der Waals surface area (Å²) >= 11 is 0. The van der Waals surface area contributed by atoms with Gasteiger partial charge < -0.3 is 58.1 Å². The fourth-order valence-electron chi connectivity index (χ4n) is 9.11. The van der Waals surface area contributed by atoms with Gasteiger partial charge in [0.15, 0.2) is 0 Å². The molecule has 0 spiro atoms. The van der Waals surface area contributed by atoms with Gasteiger partial charge in [-0.2, -0.15) is 0 Å². The monoisotopic (exact) mass is 1190 g/mol. The van der Waals surface area contributed by atoms with Gasteiger partial charge in [0, 0.05) is 90.6 Å². The number of quaternary nitrogens is 1. The average Bonchev–Trinajstić information content (AvgIpc) is 2.18. The van der Waals surface area contributed by atoms with Crippen LogP contribution in [0, 0.1) is 6.92 Å². The summed E-state index contributed by atoms with van der Waals surface area (Å²) in [6.07, 6.45) is -0.847. The van der Waals surface area contributed by atoms with Crippen molar-refractivity contribution in [3.05, 3.63) is 197 Å². The zero-order valence-corrected chi connectivity index (χ0v) is 50.3. The molecule has 3 amide bonds. The molecule has 4 heterocycles. The first-order valence-corrected chi connectivity index (χ1v) is 30.1. The van der Waals surface area contributed by atoms with Gasteiger partial charge in [-0.1, -0.05) is 121 Å². The van der Waals surface area contributed by atoms with Gasteiger partial charge in [-0.25, -0.2) is 22.8 Å². The van der Waals surface area contributed by atoms with E-state index in [1.807, 2.05) is 134 Å². The molecule has 0 aromatic heterocycles. The van der Waals surface area contributed by atoms with E-state index >= 15 is 0 Å². The van der Waals surface area contributed by atoms with Gasteiger partial charge in [0.25, 0.3) is 0 Å². The number of hydrogen-bond donors (Lipinski definition) is 2. The molecule has 6 aromatic rings. The average molecular weight is 1190 g/mol. The summed E-state index contributed by atoms with van der Waals surface area (Å²) in [7, 11) is 1.15. The molecule has 0 unspecified atom stereocenters. The number of amides is 3. The largest absolute Gasteiger partial charge is 0.744 e. The second-order valence-electron chi connectivity index (χ2n) is 20.9. The van der Waals surface area contributed by atoms with Crippen LogP contribution < -0.4 is 20.1 Å². The minimum absolute atomic E-state index is 0.0538. The van der Waals surface area contributed by atoms with Gasteiger partial charge in [0.2, 0.25) is 0 Å². The Labute approximate surface area is 507 Å². The van der Waals surface area contributed by atoms with Gasteiger partial charge in [-0.05, 0) is 84.8 Å². The Hall–Kier alpha value is -7.56. The molecule has 0 atom stereocenters. The lowest BCUT2D eigenvalue weighted by Crippen LogP contribution is -2.57. The first-order valence-electron chi connectivity index (χ1n) is 30.2. The zero-order chi connectivity index (χ0) is 63.2. The molecule has 4 aliphatic rings. The van der Waals surface area contributed by atoms with Crippen molar-refractivity contribution in [2.75, 3.05) is 133 Å². The van der Waals surface area contributed by atoms with Gasteiger partial charge >= 0.3 is 18.3 Å². The van der Waals surface area contributed by atoms with Crippen molar-refractivity contribution >= 4 is 28.4 Å². The molecule has 0 radical (unpaired) electrons. The van der Waals surface area contributed by atoms with Crippen LogP contribution >= 0.6 is 0 Å². The number of benzene rings is 6. The van der Waals surface area contributed by atoms with Gasteiger partial charge in [0.05, 0.1) is 56.4 Å². The number of nitrogens with zero attached hydrogens (tertiary/aromatic N) is 6. The number of rotatable bonds is 13. The molecule has 85 heavy (non-hydrogen) atoms. The molecule has 458 valence electrons. The third-order valence-corrected chi connectivity index (χ3v) is 15.2.